The van der Waals surface area contributed by atoms with Crippen molar-refractivity contribution in [3.05, 3.63) is 6.42 Å². The molecule has 1 fully saturated rings. The van der Waals surface area contributed by atoms with Crippen molar-refractivity contribution >= 4 is 11.6 Å². The first kappa shape index (κ1) is 10.3. The summed E-state index contributed by atoms with van der Waals surface area (Å²) in [6, 6.07) is 0. The summed E-state index contributed by atoms with van der Waals surface area (Å²) in [5.41, 5.74) is 0. The fraction of sp³-hybridized carbons (Fsp3) is 0.889. The smallest absolute Gasteiger partial charge is 0.104 e. The molecule has 0 saturated carbocycles. The van der Waals surface area contributed by atoms with E-state index < -0.39 is 0 Å². The Morgan fingerprint density at radius 2 is 2.33 bits per heavy atom. The van der Waals surface area contributed by atoms with Gasteiger partial charge in [0, 0.05) is 12.5 Å². The zero-order valence-electron chi connectivity index (χ0n) is 7.30. The number of unbranched alkanes of at least 4 members (excludes halogenated alkanes) is 3. The van der Waals surface area contributed by atoms with Crippen LogP contribution in [0.25, 0.3) is 0 Å². The second kappa shape index (κ2) is 6.70. The molecular weight excluding hydrogens is 176 g/mol. The number of hydrogen-bond acceptors (Lipinski definition) is 2. The molecule has 1 aliphatic heterocycles. The molecule has 0 aromatic heterocycles. The molecule has 1 radical (unpaired) electrons. The van der Waals surface area contributed by atoms with E-state index in [9.17, 15) is 0 Å². The molecule has 1 aliphatic rings. The quantitative estimate of drug-likeness (QED) is 0.333. The minimum Gasteiger partial charge on any atom is -0.379 e. The molecule has 0 aromatic rings. The first-order valence-electron chi connectivity index (χ1n) is 4.50. The molecule has 1 heterocycles. The molecule has 2 nitrogen and oxygen atoms in total. The monoisotopic (exact) mass is 191 g/mol. The maximum absolute atomic E-state index is 5.51. The Labute approximate surface area is 79.2 Å². The molecule has 0 bridgehead atoms. The number of epoxide rings is 1. The van der Waals surface area contributed by atoms with E-state index in [-0.39, 0.29) is 0 Å². The van der Waals surface area contributed by atoms with Crippen LogP contribution in [0, 0.1) is 6.42 Å². The first-order chi connectivity index (χ1) is 5.93. The average Bonchev–Trinajstić information content (AvgIpc) is 2.87. The molecule has 0 amide bonds. The van der Waals surface area contributed by atoms with Crippen LogP contribution in [0.2, 0.25) is 0 Å². The molecule has 3 heteroatoms. The van der Waals surface area contributed by atoms with Crippen molar-refractivity contribution in [1.29, 1.82) is 0 Å². The Morgan fingerprint density at radius 1 is 1.50 bits per heavy atom. The van der Waals surface area contributed by atoms with Crippen LogP contribution >= 0.6 is 11.6 Å². The summed E-state index contributed by atoms with van der Waals surface area (Å²) in [5, 5.41) is 0. The highest BCUT2D eigenvalue weighted by molar-refractivity contribution is 6.17. The third-order valence-corrected chi connectivity index (χ3v) is 1.93. The Balaban J connectivity index is 1.65. The van der Waals surface area contributed by atoms with Crippen LogP contribution < -0.4 is 0 Å². The lowest BCUT2D eigenvalue weighted by Gasteiger charge is -2.00. The SMILES string of the molecule is ClCC[CH]CCCOCC1CO1. The lowest BCUT2D eigenvalue weighted by Crippen LogP contribution is -2.02. The van der Waals surface area contributed by atoms with Crippen molar-refractivity contribution in [2.24, 2.45) is 0 Å². The minimum atomic E-state index is 0.400. The van der Waals surface area contributed by atoms with E-state index in [4.69, 9.17) is 21.1 Å². The van der Waals surface area contributed by atoms with Gasteiger partial charge < -0.3 is 9.47 Å². The van der Waals surface area contributed by atoms with Gasteiger partial charge in [-0.15, -0.1) is 11.6 Å². The van der Waals surface area contributed by atoms with E-state index in [1.54, 1.807) is 0 Å². The maximum Gasteiger partial charge on any atom is 0.104 e. The minimum absolute atomic E-state index is 0.400. The second-order valence-electron chi connectivity index (χ2n) is 2.94. The van der Waals surface area contributed by atoms with Gasteiger partial charge in [-0.25, -0.2) is 0 Å². The molecule has 0 spiro atoms. The molecule has 0 aliphatic carbocycles. The predicted octanol–water partition coefficient (Wildman–Crippen LogP) is 2.02. The van der Waals surface area contributed by atoms with Crippen LogP contribution in [0.5, 0.6) is 0 Å². The normalized spacial score (nSPS) is 21.2. The van der Waals surface area contributed by atoms with Gasteiger partial charge in [0.15, 0.2) is 0 Å². The zero-order valence-corrected chi connectivity index (χ0v) is 8.05. The van der Waals surface area contributed by atoms with Crippen molar-refractivity contribution in [3.63, 3.8) is 0 Å². The summed E-state index contributed by atoms with van der Waals surface area (Å²) < 4.78 is 10.4. The molecule has 1 atom stereocenters. The van der Waals surface area contributed by atoms with Crippen LogP contribution in [0.15, 0.2) is 0 Å². The van der Waals surface area contributed by atoms with Crippen LogP contribution in [-0.2, 0) is 9.47 Å². The van der Waals surface area contributed by atoms with Gasteiger partial charge in [0.1, 0.15) is 6.10 Å². The molecular formula is C9H16ClO2. The second-order valence-corrected chi connectivity index (χ2v) is 3.32. The third-order valence-electron chi connectivity index (χ3n) is 1.72. The first-order valence-corrected chi connectivity index (χ1v) is 5.04. The zero-order chi connectivity index (χ0) is 8.65. The fourth-order valence-corrected chi connectivity index (χ4v) is 1.08. The Hall–Kier alpha value is 0.210. The lowest BCUT2D eigenvalue weighted by atomic mass is 10.2. The van der Waals surface area contributed by atoms with Crippen LogP contribution in [-0.4, -0.2) is 31.8 Å². The summed E-state index contributed by atoms with van der Waals surface area (Å²) >= 11 is 5.51. The largest absolute Gasteiger partial charge is 0.379 e. The van der Waals surface area contributed by atoms with E-state index >= 15 is 0 Å². The lowest BCUT2D eigenvalue weighted by molar-refractivity contribution is 0.114. The highest BCUT2D eigenvalue weighted by atomic mass is 35.5. The highest BCUT2D eigenvalue weighted by Crippen LogP contribution is 2.09. The molecule has 1 rings (SSSR count). The van der Waals surface area contributed by atoms with Crippen LogP contribution in [0.1, 0.15) is 19.3 Å². The van der Waals surface area contributed by atoms with Gasteiger partial charge in [0.2, 0.25) is 0 Å². The van der Waals surface area contributed by atoms with Crippen LogP contribution in [0.3, 0.4) is 0 Å². The Morgan fingerprint density at radius 3 is 3.00 bits per heavy atom. The Kier molecular flexibility index (Phi) is 5.74. The van der Waals surface area contributed by atoms with Gasteiger partial charge >= 0.3 is 0 Å². The molecule has 0 N–H and O–H groups in total. The fourth-order valence-electron chi connectivity index (χ4n) is 0.930. The third kappa shape index (κ3) is 5.81. The average molecular weight is 192 g/mol. The molecule has 1 saturated heterocycles. The van der Waals surface area contributed by atoms with Crippen LogP contribution in [0.4, 0.5) is 0 Å². The van der Waals surface area contributed by atoms with E-state index in [2.05, 4.69) is 6.42 Å². The predicted molar refractivity (Wildman–Crippen MR) is 49.4 cm³/mol. The van der Waals surface area contributed by atoms with Crippen molar-refractivity contribution in [2.75, 3.05) is 25.7 Å². The van der Waals surface area contributed by atoms with Gasteiger partial charge in [-0.2, -0.15) is 0 Å². The summed E-state index contributed by atoms with van der Waals surface area (Å²) in [6.07, 6.45) is 5.83. The van der Waals surface area contributed by atoms with Crippen molar-refractivity contribution in [3.8, 4) is 0 Å². The van der Waals surface area contributed by atoms with Crippen molar-refractivity contribution in [1.82, 2.24) is 0 Å². The summed E-state index contributed by atoms with van der Waals surface area (Å²) in [6.45, 7) is 2.51. The van der Waals surface area contributed by atoms with E-state index in [1.807, 2.05) is 0 Å². The van der Waals surface area contributed by atoms with Gasteiger partial charge in [-0.1, -0.05) is 0 Å². The molecule has 12 heavy (non-hydrogen) atoms. The molecule has 1 unspecified atom stereocenters. The summed E-state index contributed by atoms with van der Waals surface area (Å²) in [4.78, 5) is 0. The van der Waals surface area contributed by atoms with Gasteiger partial charge in [0.05, 0.1) is 13.2 Å². The molecule has 0 aromatic carbocycles. The van der Waals surface area contributed by atoms with Gasteiger partial charge in [-0.3, -0.25) is 0 Å². The van der Waals surface area contributed by atoms with Crippen molar-refractivity contribution in [2.45, 2.75) is 25.4 Å². The Bertz CT molecular complexity index is 105. The number of rotatable bonds is 8. The van der Waals surface area contributed by atoms with E-state index in [1.165, 1.54) is 0 Å². The number of hydrogen-bond donors (Lipinski definition) is 0. The number of alkyl halides is 1. The maximum atomic E-state index is 5.51. The highest BCUT2D eigenvalue weighted by Gasteiger charge is 2.21. The van der Waals surface area contributed by atoms with Gasteiger partial charge in [0.25, 0.3) is 0 Å². The standard InChI is InChI=1S/C9H16ClO2/c10-5-3-1-2-4-6-11-7-9-8-12-9/h1,9H,2-8H2. The van der Waals surface area contributed by atoms with Crippen molar-refractivity contribution < 1.29 is 9.47 Å². The number of halogens is 1. The number of ether oxygens (including phenoxy) is 2. The van der Waals surface area contributed by atoms with E-state index in [0.29, 0.717) is 6.10 Å². The van der Waals surface area contributed by atoms with Gasteiger partial charge in [-0.05, 0) is 25.7 Å². The summed E-state index contributed by atoms with van der Waals surface area (Å²) in [7, 11) is 0. The summed E-state index contributed by atoms with van der Waals surface area (Å²) in [5.74, 6) is 0.733. The molecule has 71 valence electrons. The topological polar surface area (TPSA) is 21.8 Å². The van der Waals surface area contributed by atoms with E-state index in [0.717, 1.165) is 45.0 Å².